The van der Waals surface area contributed by atoms with Crippen molar-refractivity contribution in [3.63, 3.8) is 0 Å². The summed E-state index contributed by atoms with van der Waals surface area (Å²) < 4.78 is 34.3. The number of thiophene rings is 1. The van der Waals surface area contributed by atoms with Gasteiger partial charge in [0.15, 0.2) is 3.92 Å². The smallest absolute Gasteiger partial charge is 0.328 e. The summed E-state index contributed by atoms with van der Waals surface area (Å²) in [6, 6.07) is 6.88. The number of hydrogen-bond acceptors (Lipinski definition) is 10. The van der Waals surface area contributed by atoms with Crippen LogP contribution in [0.2, 0.25) is 0 Å². The zero-order valence-electron chi connectivity index (χ0n) is 20.6. The molecular weight excluding hydrogens is 616 g/mol. The summed E-state index contributed by atoms with van der Waals surface area (Å²) in [4.78, 5) is 33.7. The van der Waals surface area contributed by atoms with Gasteiger partial charge in [0.1, 0.15) is 10.9 Å². The van der Waals surface area contributed by atoms with Gasteiger partial charge in [0, 0.05) is 17.6 Å². The Kier molecular flexibility index (Phi) is 10.6. The molecule has 3 rings (SSSR count). The number of amides is 1. The maximum atomic E-state index is 13.1. The maximum absolute atomic E-state index is 13.1. The Labute approximate surface area is 237 Å². The van der Waals surface area contributed by atoms with Crippen molar-refractivity contribution >= 4 is 77.7 Å². The van der Waals surface area contributed by atoms with E-state index in [1.165, 1.54) is 36.6 Å². The van der Waals surface area contributed by atoms with Crippen LogP contribution in [0.1, 0.15) is 35.1 Å². The lowest BCUT2D eigenvalue weighted by Gasteiger charge is -2.16. The van der Waals surface area contributed by atoms with E-state index in [4.69, 9.17) is 10.5 Å². The second-order valence-electron chi connectivity index (χ2n) is 7.96. The van der Waals surface area contributed by atoms with Crippen LogP contribution in [-0.2, 0) is 26.1 Å². The number of methoxy groups -OCH3 is 1. The number of hydrogen-bond donors (Lipinski definition) is 4. The number of ether oxygens (including phenoxy) is 1. The number of halogens is 1. The van der Waals surface area contributed by atoms with Crippen molar-refractivity contribution in [1.29, 1.82) is 0 Å². The molecule has 0 bridgehead atoms. The van der Waals surface area contributed by atoms with Crippen molar-refractivity contribution < 1.29 is 22.7 Å². The highest BCUT2D eigenvalue weighted by molar-refractivity contribution is 9.11. The Morgan fingerprint density at radius 2 is 2.05 bits per heavy atom. The fraction of sp³-hybridized carbons (Fsp3) is 0.304. The second kappa shape index (κ2) is 13.7. The summed E-state index contributed by atoms with van der Waals surface area (Å²) in [5, 5.41) is 9.26. The molecule has 204 valence electrons. The average Bonchev–Trinajstić information content (AvgIpc) is 3.52. The topological polar surface area (TPSA) is 165 Å². The molecule has 2 aromatic heterocycles. The number of rotatable bonds is 13. The molecule has 0 fully saturated rings. The minimum Gasteiger partial charge on any atom is -0.467 e. The fourth-order valence-corrected chi connectivity index (χ4v) is 6.25. The van der Waals surface area contributed by atoms with Gasteiger partial charge >= 0.3 is 5.97 Å². The van der Waals surface area contributed by atoms with Crippen molar-refractivity contribution in [3.05, 3.63) is 55.6 Å². The van der Waals surface area contributed by atoms with E-state index in [0.29, 0.717) is 31.0 Å². The zero-order chi connectivity index (χ0) is 27.7. The molecule has 0 radical (unpaired) electrons. The lowest BCUT2D eigenvalue weighted by molar-refractivity contribution is -0.143. The van der Waals surface area contributed by atoms with Crippen LogP contribution in [0.15, 0.2) is 54.9 Å². The van der Waals surface area contributed by atoms with Crippen LogP contribution in [0.3, 0.4) is 0 Å². The van der Waals surface area contributed by atoms with Gasteiger partial charge in [0.25, 0.3) is 15.9 Å². The van der Waals surface area contributed by atoms with Gasteiger partial charge < -0.3 is 21.1 Å². The van der Waals surface area contributed by atoms with E-state index in [1.54, 1.807) is 24.4 Å². The molecule has 0 unspecified atom stereocenters. The molecule has 0 aliphatic carbocycles. The van der Waals surface area contributed by atoms with Gasteiger partial charge in [-0.2, -0.15) is 0 Å². The Morgan fingerprint density at radius 1 is 1.26 bits per heavy atom. The van der Waals surface area contributed by atoms with Crippen LogP contribution < -0.4 is 21.1 Å². The molecule has 1 aromatic carbocycles. The first-order chi connectivity index (χ1) is 18.1. The number of esters is 1. The number of nitrogens with one attached hydrogen (secondary N) is 3. The Balaban J connectivity index is 1.69. The minimum atomic E-state index is -4.02. The van der Waals surface area contributed by atoms with Crippen LogP contribution in [0.4, 0.5) is 11.4 Å². The van der Waals surface area contributed by atoms with Gasteiger partial charge in [-0.1, -0.05) is 6.07 Å². The van der Waals surface area contributed by atoms with Gasteiger partial charge in [-0.25, -0.2) is 18.2 Å². The van der Waals surface area contributed by atoms with E-state index in [9.17, 15) is 18.0 Å². The third-order valence-electron chi connectivity index (χ3n) is 5.06. The van der Waals surface area contributed by atoms with Crippen LogP contribution in [0.5, 0.6) is 0 Å². The predicted octanol–water partition coefficient (Wildman–Crippen LogP) is 3.81. The number of sulfonamides is 1. The maximum Gasteiger partial charge on any atom is 0.328 e. The Bertz CT molecular complexity index is 1400. The summed E-state index contributed by atoms with van der Waals surface area (Å²) in [5.41, 5.74) is 7.03. The summed E-state index contributed by atoms with van der Waals surface area (Å²) in [6.07, 6.45) is 0.766. The summed E-state index contributed by atoms with van der Waals surface area (Å²) >= 11 is 5.82. The molecule has 0 saturated carbocycles. The van der Waals surface area contributed by atoms with Crippen molar-refractivity contribution in [1.82, 2.24) is 10.3 Å². The van der Waals surface area contributed by atoms with E-state index >= 15 is 0 Å². The number of aromatic nitrogens is 1. The molecule has 0 spiro atoms. The van der Waals surface area contributed by atoms with Crippen LogP contribution in [0.25, 0.3) is 0 Å². The number of amidine groups is 1. The highest BCUT2D eigenvalue weighted by atomic mass is 79.9. The van der Waals surface area contributed by atoms with Gasteiger partial charge in [-0.15, -0.1) is 22.7 Å². The monoisotopic (exact) mass is 642 g/mol. The fourth-order valence-electron chi connectivity index (χ4n) is 3.26. The molecule has 15 heteroatoms. The first-order valence-electron chi connectivity index (χ1n) is 11.3. The van der Waals surface area contributed by atoms with E-state index in [-0.39, 0.29) is 21.9 Å². The molecule has 2 heterocycles. The number of anilines is 2. The first-order valence-corrected chi connectivity index (χ1v) is 15.3. The average molecular weight is 644 g/mol. The number of thiazole rings is 1. The minimum absolute atomic E-state index is 0.0164. The molecule has 0 saturated heterocycles. The molecule has 38 heavy (non-hydrogen) atoms. The van der Waals surface area contributed by atoms with E-state index in [0.717, 1.165) is 20.9 Å². The van der Waals surface area contributed by atoms with E-state index in [2.05, 4.69) is 41.3 Å². The van der Waals surface area contributed by atoms with Crippen LogP contribution >= 0.6 is 38.6 Å². The van der Waals surface area contributed by atoms with E-state index < -0.39 is 27.9 Å². The number of carbonyl (C=O) groups is 2. The SMILES string of the molecule is COC(=O)[C@H](CCCN=C(C)N)NC(=O)c1sccc1NS(=O)(=O)c1cccc(NCc2csc(Br)n2)c1. The lowest BCUT2D eigenvalue weighted by Crippen LogP contribution is -2.41. The Hall–Kier alpha value is -3.01. The molecular formula is C23H27BrN6O5S3. The number of aliphatic imine (C=N–C) groups is 1. The number of benzene rings is 1. The third kappa shape index (κ3) is 8.51. The van der Waals surface area contributed by atoms with Crippen molar-refractivity contribution in [2.45, 2.75) is 37.2 Å². The highest BCUT2D eigenvalue weighted by Gasteiger charge is 2.25. The molecule has 11 nitrogen and oxygen atoms in total. The molecule has 0 aliphatic rings. The normalized spacial score (nSPS) is 12.6. The van der Waals surface area contributed by atoms with Crippen molar-refractivity contribution in [2.24, 2.45) is 10.7 Å². The van der Waals surface area contributed by atoms with Gasteiger partial charge in [0.05, 0.1) is 35.8 Å². The van der Waals surface area contributed by atoms with E-state index in [1.807, 2.05) is 5.38 Å². The molecule has 5 N–H and O–H groups in total. The number of carbonyl (C=O) groups excluding carboxylic acids is 2. The highest BCUT2D eigenvalue weighted by Crippen LogP contribution is 2.27. The molecule has 3 aromatic rings. The summed E-state index contributed by atoms with van der Waals surface area (Å²) in [5.74, 6) is -0.788. The summed E-state index contributed by atoms with van der Waals surface area (Å²) in [6.45, 7) is 2.48. The third-order valence-corrected chi connectivity index (χ3v) is 8.75. The second-order valence-corrected chi connectivity index (χ2v) is 12.7. The van der Waals surface area contributed by atoms with Gasteiger partial charge in [0.2, 0.25) is 0 Å². The molecule has 1 amide bonds. The van der Waals surface area contributed by atoms with Crippen LogP contribution in [-0.4, -0.2) is 50.8 Å². The number of nitrogens with two attached hydrogens (primary N) is 1. The van der Waals surface area contributed by atoms with Crippen molar-refractivity contribution in [3.8, 4) is 0 Å². The molecule has 0 aliphatic heterocycles. The Morgan fingerprint density at radius 3 is 2.74 bits per heavy atom. The lowest BCUT2D eigenvalue weighted by atomic mass is 10.1. The van der Waals surface area contributed by atoms with Crippen molar-refractivity contribution in [2.75, 3.05) is 23.7 Å². The summed E-state index contributed by atoms with van der Waals surface area (Å²) in [7, 11) is -2.79. The van der Waals surface area contributed by atoms with Crippen LogP contribution in [0, 0.1) is 0 Å². The zero-order valence-corrected chi connectivity index (χ0v) is 24.6. The number of nitrogens with zero attached hydrogens (tertiary/aromatic N) is 2. The predicted molar refractivity (Wildman–Crippen MR) is 153 cm³/mol. The molecule has 1 atom stereocenters. The van der Waals surface area contributed by atoms with Gasteiger partial charge in [-0.3, -0.25) is 14.5 Å². The standard InChI is InChI=1S/C23H27BrN6O5S3/c1-14(25)26-9-4-7-19(22(32)35-2)29-21(31)20-18(8-10-36-20)30-38(33,34)17-6-3-5-15(11-17)27-12-16-13-37-23(24)28-16/h3,5-6,8,10-11,13,19,27,30H,4,7,9,12H2,1-2H3,(H2,25,26)(H,29,31)/t19-/m0/s1. The van der Waals surface area contributed by atoms with Gasteiger partial charge in [-0.05, 0) is 65.3 Å². The first kappa shape index (κ1) is 29.5. The quantitative estimate of drug-likeness (QED) is 0.0945. The largest absolute Gasteiger partial charge is 0.467 e.